The second kappa shape index (κ2) is 9.88. The SMILES string of the molecule is COC(=O)c1nc(Cl)ccc1N[C@H](C)c1cc(C)cc2c1N=C(c1ccc(OC)cc1)C(C)C2=O. The number of fused-ring (bicyclic) bond motifs is 1. The number of halogens is 1. The molecule has 0 radical (unpaired) electrons. The van der Waals surface area contributed by atoms with E-state index in [1.54, 1.807) is 19.2 Å². The molecule has 2 atom stereocenters. The molecule has 35 heavy (non-hydrogen) atoms. The van der Waals surface area contributed by atoms with Crippen LogP contribution in [0.15, 0.2) is 53.5 Å². The van der Waals surface area contributed by atoms with Gasteiger partial charge in [0.25, 0.3) is 0 Å². The lowest BCUT2D eigenvalue weighted by molar-refractivity contribution is 0.0595. The number of aromatic nitrogens is 1. The number of ketones is 1. The summed E-state index contributed by atoms with van der Waals surface area (Å²) in [6.45, 7) is 5.76. The van der Waals surface area contributed by atoms with Crippen LogP contribution in [0.25, 0.3) is 0 Å². The van der Waals surface area contributed by atoms with Crippen molar-refractivity contribution in [2.75, 3.05) is 19.5 Å². The summed E-state index contributed by atoms with van der Waals surface area (Å²) in [5.74, 6) is -0.240. The van der Waals surface area contributed by atoms with Crippen molar-refractivity contribution in [1.29, 1.82) is 0 Å². The zero-order valence-electron chi connectivity index (χ0n) is 20.2. The third-order valence-electron chi connectivity index (χ3n) is 6.05. The highest BCUT2D eigenvalue weighted by molar-refractivity contribution is 6.29. The fraction of sp³-hybridized carbons (Fsp3) is 0.259. The summed E-state index contributed by atoms with van der Waals surface area (Å²) in [6.07, 6.45) is 0. The Balaban J connectivity index is 1.79. The van der Waals surface area contributed by atoms with Crippen molar-refractivity contribution in [3.63, 3.8) is 0 Å². The first-order valence-electron chi connectivity index (χ1n) is 11.2. The van der Waals surface area contributed by atoms with E-state index in [0.29, 0.717) is 22.6 Å². The fourth-order valence-electron chi connectivity index (χ4n) is 4.22. The molecule has 2 aromatic carbocycles. The number of aryl methyl sites for hydroxylation is 1. The molecule has 0 spiro atoms. The van der Waals surface area contributed by atoms with Crippen LogP contribution in [0.4, 0.5) is 11.4 Å². The van der Waals surface area contributed by atoms with Crippen molar-refractivity contribution in [3.05, 3.63) is 81.6 Å². The number of methoxy groups -OCH3 is 2. The number of benzene rings is 2. The van der Waals surface area contributed by atoms with Gasteiger partial charge in [-0.25, -0.2) is 9.78 Å². The number of pyridine rings is 1. The first-order chi connectivity index (χ1) is 16.7. The molecule has 1 aromatic heterocycles. The van der Waals surface area contributed by atoms with Gasteiger partial charge in [0, 0.05) is 11.1 Å². The monoisotopic (exact) mass is 491 g/mol. The van der Waals surface area contributed by atoms with E-state index in [4.69, 9.17) is 26.1 Å². The number of Topliss-reactive ketones (excluding diaryl/α,β-unsaturated/α-hetero) is 1. The number of anilines is 1. The largest absolute Gasteiger partial charge is 0.497 e. The Hall–Kier alpha value is -3.71. The van der Waals surface area contributed by atoms with Crippen LogP contribution in [-0.4, -0.2) is 36.7 Å². The molecule has 1 aliphatic rings. The topological polar surface area (TPSA) is 89.9 Å². The number of nitrogens with one attached hydrogen (secondary N) is 1. The lowest BCUT2D eigenvalue weighted by Crippen LogP contribution is -2.26. The molecule has 0 fully saturated rings. The van der Waals surface area contributed by atoms with Crippen LogP contribution in [0, 0.1) is 12.8 Å². The Bertz CT molecular complexity index is 1330. The van der Waals surface area contributed by atoms with E-state index in [-0.39, 0.29) is 28.6 Å². The molecule has 0 saturated carbocycles. The van der Waals surface area contributed by atoms with E-state index in [2.05, 4.69) is 10.3 Å². The first-order valence-corrected chi connectivity index (χ1v) is 11.5. The zero-order valence-corrected chi connectivity index (χ0v) is 20.9. The maximum atomic E-state index is 13.4. The average molecular weight is 492 g/mol. The van der Waals surface area contributed by atoms with Gasteiger partial charge in [-0.1, -0.05) is 17.7 Å². The summed E-state index contributed by atoms with van der Waals surface area (Å²) in [6, 6.07) is 14.4. The van der Waals surface area contributed by atoms with Crippen molar-refractivity contribution in [2.24, 2.45) is 10.9 Å². The van der Waals surface area contributed by atoms with Crippen LogP contribution in [-0.2, 0) is 4.74 Å². The minimum absolute atomic E-state index is 0.0152. The molecule has 0 saturated heterocycles. The number of hydrogen-bond donors (Lipinski definition) is 1. The number of carbonyl (C=O) groups is 2. The Kier molecular flexibility index (Phi) is 6.89. The Morgan fingerprint density at radius 3 is 2.49 bits per heavy atom. The number of ether oxygens (including phenoxy) is 2. The highest BCUT2D eigenvalue weighted by Crippen LogP contribution is 2.39. The maximum Gasteiger partial charge on any atom is 0.358 e. The predicted molar refractivity (Wildman–Crippen MR) is 136 cm³/mol. The zero-order chi connectivity index (χ0) is 25.3. The average Bonchev–Trinajstić information content (AvgIpc) is 2.86. The molecule has 0 aliphatic carbocycles. The van der Waals surface area contributed by atoms with Gasteiger partial charge >= 0.3 is 5.97 Å². The van der Waals surface area contributed by atoms with Crippen LogP contribution < -0.4 is 10.1 Å². The second-order valence-electron chi connectivity index (χ2n) is 8.45. The van der Waals surface area contributed by atoms with Gasteiger partial charge < -0.3 is 14.8 Å². The van der Waals surface area contributed by atoms with Gasteiger partial charge in [0.2, 0.25) is 0 Å². The second-order valence-corrected chi connectivity index (χ2v) is 8.84. The Morgan fingerprint density at radius 2 is 1.83 bits per heavy atom. The quantitative estimate of drug-likeness (QED) is 0.337. The molecule has 1 unspecified atom stereocenters. The molecule has 8 heteroatoms. The molecular weight excluding hydrogens is 466 g/mol. The van der Waals surface area contributed by atoms with Crippen LogP contribution in [0.2, 0.25) is 5.15 Å². The minimum Gasteiger partial charge on any atom is -0.497 e. The fourth-order valence-corrected chi connectivity index (χ4v) is 4.36. The van der Waals surface area contributed by atoms with Crippen molar-refractivity contribution < 1.29 is 19.1 Å². The van der Waals surface area contributed by atoms with E-state index in [1.165, 1.54) is 7.11 Å². The van der Waals surface area contributed by atoms with Crippen molar-refractivity contribution >= 4 is 40.4 Å². The molecule has 180 valence electrons. The van der Waals surface area contributed by atoms with Crippen molar-refractivity contribution in [3.8, 4) is 5.75 Å². The molecular formula is C27H26ClN3O4. The molecule has 0 bridgehead atoms. The van der Waals surface area contributed by atoms with Gasteiger partial charge in [-0.2, -0.15) is 0 Å². The van der Waals surface area contributed by atoms with E-state index < -0.39 is 5.97 Å². The Morgan fingerprint density at radius 1 is 1.11 bits per heavy atom. The van der Waals surface area contributed by atoms with Gasteiger partial charge in [0.15, 0.2) is 11.5 Å². The van der Waals surface area contributed by atoms with E-state index in [9.17, 15) is 9.59 Å². The highest BCUT2D eigenvalue weighted by Gasteiger charge is 2.31. The lowest BCUT2D eigenvalue weighted by atomic mass is 9.84. The van der Waals surface area contributed by atoms with E-state index in [0.717, 1.165) is 22.4 Å². The van der Waals surface area contributed by atoms with Gasteiger partial charge in [-0.05, 0) is 74.4 Å². The van der Waals surface area contributed by atoms with Crippen LogP contribution >= 0.6 is 11.6 Å². The molecule has 1 N–H and O–H groups in total. The van der Waals surface area contributed by atoms with Crippen molar-refractivity contribution in [2.45, 2.75) is 26.8 Å². The summed E-state index contributed by atoms with van der Waals surface area (Å²) in [4.78, 5) is 34.8. The van der Waals surface area contributed by atoms with Gasteiger partial charge in [-0.3, -0.25) is 9.79 Å². The summed E-state index contributed by atoms with van der Waals surface area (Å²) in [5.41, 5.74) is 5.09. The predicted octanol–water partition coefficient (Wildman–Crippen LogP) is 5.96. The van der Waals surface area contributed by atoms with Crippen LogP contribution in [0.5, 0.6) is 5.75 Å². The summed E-state index contributed by atoms with van der Waals surface area (Å²) < 4.78 is 10.1. The smallest absolute Gasteiger partial charge is 0.358 e. The standard InChI is InChI=1S/C27H26ClN3O4/c1-14-12-19(16(3)29-21-10-11-22(28)30-25(21)27(33)35-5)24-20(13-14)26(32)15(2)23(31-24)17-6-8-18(34-4)9-7-17/h6-13,15-16,29H,1-5H3/t15?,16-/m1/s1. The molecule has 4 rings (SSSR count). The number of aliphatic imine (C=N–C) groups is 1. The maximum absolute atomic E-state index is 13.4. The number of hydrogen-bond acceptors (Lipinski definition) is 7. The van der Waals surface area contributed by atoms with Crippen molar-refractivity contribution in [1.82, 2.24) is 4.98 Å². The van der Waals surface area contributed by atoms with Gasteiger partial charge in [0.05, 0.1) is 43.3 Å². The minimum atomic E-state index is -0.600. The van der Waals surface area contributed by atoms with Crippen LogP contribution in [0.3, 0.4) is 0 Å². The van der Waals surface area contributed by atoms with E-state index >= 15 is 0 Å². The van der Waals surface area contributed by atoms with Crippen LogP contribution in [0.1, 0.15) is 57.4 Å². The number of esters is 1. The number of rotatable bonds is 6. The molecule has 1 aliphatic heterocycles. The molecule has 7 nitrogen and oxygen atoms in total. The summed E-state index contributed by atoms with van der Waals surface area (Å²) in [7, 11) is 2.90. The normalized spacial score (nSPS) is 15.7. The third-order valence-corrected chi connectivity index (χ3v) is 6.26. The molecule has 0 amide bonds. The molecule has 2 heterocycles. The summed E-state index contributed by atoms with van der Waals surface area (Å²) >= 11 is 6.00. The first kappa shape index (κ1) is 24.4. The van der Waals surface area contributed by atoms with Gasteiger partial charge in [-0.15, -0.1) is 0 Å². The van der Waals surface area contributed by atoms with E-state index in [1.807, 2.05) is 57.2 Å². The number of nitrogens with zero attached hydrogens (tertiary/aromatic N) is 2. The molecule has 3 aromatic rings. The highest BCUT2D eigenvalue weighted by atomic mass is 35.5. The summed E-state index contributed by atoms with van der Waals surface area (Å²) in [5, 5.41) is 3.51. The Labute approximate surface area is 209 Å². The number of carbonyl (C=O) groups excluding carboxylic acids is 2. The van der Waals surface area contributed by atoms with Gasteiger partial charge in [0.1, 0.15) is 10.9 Å². The lowest BCUT2D eigenvalue weighted by Gasteiger charge is -2.26. The third kappa shape index (κ3) is 4.77.